The molecule has 0 aromatic carbocycles. The van der Waals surface area contributed by atoms with E-state index in [1.54, 1.807) is 0 Å². The lowest BCUT2D eigenvalue weighted by Crippen LogP contribution is -2.41. The zero-order valence-corrected chi connectivity index (χ0v) is 11.1. The summed E-state index contributed by atoms with van der Waals surface area (Å²) in [5.74, 6) is 1.69. The van der Waals surface area contributed by atoms with Crippen molar-refractivity contribution in [1.29, 1.82) is 0 Å². The third-order valence-electron chi connectivity index (χ3n) is 5.34. The van der Waals surface area contributed by atoms with Gasteiger partial charge in [0.2, 0.25) is 0 Å². The molecule has 2 nitrogen and oxygen atoms in total. The standard InChI is InChI=1S/C15H26O2/c1-11(5-4-10-16)12-7-8-13-14(17)6-3-9-15(12,13)2/h4-5,11-14,16-17H,3,6-10H2,1-2H3/b5-4+/t11-,12-,13+,14+,15-/m1/s1. The van der Waals surface area contributed by atoms with Crippen LogP contribution in [0.25, 0.3) is 0 Å². The van der Waals surface area contributed by atoms with Crippen LogP contribution in [0.1, 0.15) is 46.0 Å². The second-order valence-corrected chi connectivity index (χ2v) is 6.23. The molecule has 98 valence electrons. The van der Waals surface area contributed by atoms with Crippen LogP contribution in [0.3, 0.4) is 0 Å². The van der Waals surface area contributed by atoms with Gasteiger partial charge in [-0.05, 0) is 48.9 Å². The maximum Gasteiger partial charge on any atom is 0.0612 e. The van der Waals surface area contributed by atoms with Crippen molar-refractivity contribution in [2.45, 2.75) is 52.1 Å². The van der Waals surface area contributed by atoms with Crippen LogP contribution in [0.15, 0.2) is 12.2 Å². The Hall–Kier alpha value is -0.340. The lowest BCUT2D eigenvalue weighted by atomic mass is 9.62. The average molecular weight is 238 g/mol. The number of aliphatic hydroxyl groups is 2. The number of aliphatic hydroxyl groups excluding tert-OH is 2. The fourth-order valence-corrected chi connectivity index (χ4v) is 4.46. The molecule has 0 unspecified atom stereocenters. The first-order valence-electron chi connectivity index (χ1n) is 7.05. The molecule has 0 radical (unpaired) electrons. The molecule has 2 N–H and O–H groups in total. The zero-order valence-electron chi connectivity index (χ0n) is 11.1. The number of hydrogen-bond donors (Lipinski definition) is 2. The molecule has 2 fully saturated rings. The number of hydrogen-bond acceptors (Lipinski definition) is 2. The Balaban J connectivity index is 2.12. The molecular weight excluding hydrogens is 212 g/mol. The van der Waals surface area contributed by atoms with Crippen molar-refractivity contribution in [1.82, 2.24) is 0 Å². The van der Waals surface area contributed by atoms with Crippen LogP contribution in [-0.2, 0) is 0 Å². The Morgan fingerprint density at radius 2 is 2.12 bits per heavy atom. The third kappa shape index (κ3) is 2.30. The van der Waals surface area contributed by atoms with E-state index in [9.17, 15) is 5.11 Å². The van der Waals surface area contributed by atoms with Crippen molar-refractivity contribution < 1.29 is 10.2 Å². The number of rotatable bonds is 3. The fourth-order valence-electron chi connectivity index (χ4n) is 4.46. The second kappa shape index (κ2) is 5.11. The van der Waals surface area contributed by atoms with E-state index in [0.29, 0.717) is 23.2 Å². The highest BCUT2D eigenvalue weighted by Crippen LogP contribution is 2.57. The average Bonchev–Trinajstić information content (AvgIpc) is 2.64. The van der Waals surface area contributed by atoms with Gasteiger partial charge in [-0.3, -0.25) is 0 Å². The highest BCUT2D eigenvalue weighted by Gasteiger charge is 2.51. The Bertz CT molecular complexity index is 287. The molecular formula is C15H26O2. The van der Waals surface area contributed by atoms with Crippen molar-refractivity contribution >= 4 is 0 Å². The molecule has 2 heteroatoms. The molecule has 0 aromatic heterocycles. The summed E-state index contributed by atoms with van der Waals surface area (Å²) in [7, 11) is 0. The van der Waals surface area contributed by atoms with Gasteiger partial charge >= 0.3 is 0 Å². The highest BCUT2D eigenvalue weighted by molar-refractivity contribution is 5.05. The summed E-state index contributed by atoms with van der Waals surface area (Å²) in [5.41, 5.74) is 0.316. The molecule has 0 saturated heterocycles. The summed E-state index contributed by atoms with van der Waals surface area (Å²) in [6.45, 7) is 4.77. The third-order valence-corrected chi connectivity index (χ3v) is 5.34. The van der Waals surface area contributed by atoms with E-state index in [4.69, 9.17) is 5.11 Å². The first-order valence-corrected chi connectivity index (χ1v) is 7.05. The summed E-state index contributed by atoms with van der Waals surface area (Å²) in [6, 6.07) is 0. The topological polar surface area (TPSA) is 40.5 Å². The van der Waals surface area contributed by atoms with Gasteiger partial charge < -0.3 is 10.2 Å². The lowest BCUT2D eigenvalue weighted by molar-refractivity contribution is -0.0231. The van der Waals surface area contributed by atoms with E-state index in [1.807, 2.05) is 6.08 Å². The van der Waals surface area contributed by atoms with Crippen LogP contribution in [0, 0.1) is 23.2 Å². The van der Waals surface area contributed by atoms with E-state index in [2.05, 4.69) is 19.9 Å². The predicted molar refractivity (Wildman–Crippen MR) is 69.6 cm³/mol. The molecule has 2 aliphatic rings. The van der Waals surface area contributed by atoms with Gasteiger partial charge in [0.15, 0.2) is 0 Å². The fraction of sp³-hybridized carbons (Fsp3) is 0.867. The van der Waals surface area contributed by atoms with Gasteiger partial charge in [0.25, 0.3) is 0 Å². The van der Waals surface area contributed by atoms with Gasteiger partial charge in [-0.15, -0.1) is 0 Å². The van der Waals surface area contributed by atoms with Crippen LogP contribution in [0.2, 0.25) is 0 Å². The van der Waals surface area contributed by atoms with Crippen molar-refractivity contribution in [3.05, 3.63) is 12.2 Å². The van der Waals surface area contributed by atoms with Gasteiger partial charge in [-0.2, -0.15) is 0 Å². The summed E-state index contributed by atoms with van der Waals surface area (Å²) in [4.78, 5) is 0. The molecule has 0 aliphatic heterocycles. The summed E-state index contributed by atoms with van der Waals surface area (Å²) < 4.78 is 0. The van der Waals surface area contributed by atoms with Gasteiger partial charge in [0.05, 0.1) is 12.7 Å². The van der Waals surface area contributed by atoms with Crippen molar-refractivity contribution in [3.63, 3.8) is 0 Å². The number of fused-ring (bicyclic) bond motifs is 1. The first-order chi connectivity index (χ1) is 8.09. The molecule has 17 heavy (non-hydrogen) atoms. The normalized spacial score (nSPS) is 43.9. The maximum atomic E-state index is 10.2. The first kappa shape index (κ1) is 13.1. The molecule has 2 aliphatic carbocycles. The SMILES string of the molecule is C[C@H](/C=C/CO)[C@H]1CC[C@H]2[C@@H](O)CCC[C@]12C. The van der Waals surface area contributed by atoms with Gasteiger partial charge in [-0.25, -0.2) is 0 Å². The van der Waals surface area contributed by atoms with E-state index in [1.165, 1.54) is 25.7 Å². The molecule has 0 amide bonds. The molecule has 2 saturated carbocycles. The summed E-state index contributed by atoms with van der Waals surface area (Å²) in [5, 5.41) is 19.0. The molecule has 0 bridgehead atoms. The van der Waals surface area contributed by atoms with Gasteiger partial charge in [0.1, 0.15) is 0 Å². The molecule has 0 heterocycles. The molecule has 0 aromatic rings. The highest BCUT2D eigenvalue weighted by atomic mass is 16.3. The quantitative estimate of drug-likeness (QED) is 0.742. The Labute approximate surface area is 105 Å². The van der Waals surface area contributed by atoms with Crippen LogP contribution >= 0.6 is 0 Å². The molecule has 0 spiro atoms. The second-order valence-electron chi connectivity index (χ2n) is 6.23. The zero-order chi connectivity index (χ0) is 12.5. The predicted octanol–water partition coefficient (Wildman–Crippen LogP) is 2.75. The van der Waals surface area contributed by atoms with E-state index < -0.39 is 0 Å². The Morgan fingerprint density at radius 1 is 1.35 bits per heavy atom. The molecule has 2 rings (SSSR count). The monoisotopic (exact) mass is 238 g/mol. The van der Waals surface area contributed by atoms with E-state index >= 15 is 0 Å². The van der Waals surface area contributed by atoms with Crippen LogP contribution in [0.4, 0.5) is 0 Å². The van der Waals surface area contributed by atoms with Crippen molar-refractivity contribution in [3.8, 4) is 0 Å². The van der Waals surface area contributed by atoms with E-state index in [0.717, 1.165) is 6.42 Å². The summed E-state index contributed by atoms with van der Waals surface area (Å²) in [6.07, 6.45) is 9.77. The largest absolute Gasteiger partial charge is 0.393 e. The van der Waals surface area contributed by atoms with Gasteiger partial charge in [-0.1, -0.05) is 32.4 Å². The summed E-state index contributed by atoms with van der Waals surface area (Å²) >= 11 is 0. The number of allylic oxidation sites excluding steroid dienone is 1. The molecule has 5 atom stereocenters. The van der Waals surface area contributed by atoms with Crippen LogP contribution in [-0.4, -0.2) is 22.9 Å². The lowest BCUT2D eigenvalue weighted by Gasteiger charge is -2.44. The Kier molecular flexibility index (Phi) is 3.94. The maximum absolute atomic E-state index is 10.2. The minimum Gasteiger partial charge on any atom is -0.393 e. The minimum atomic E-state index is -0.0761. The van der Waals surface area contributed by atoms with Crippen molar-refractivity contribution in [2.24, 2.45) is 23.2 Å². The van der Waals surface area contributed by atoms with Crippen LogP contribution in [0.5, 0.6) is 0 Å². The minimum absolute atomic E-state index is 0.0761. The van der Waals surface area contributed by atoms with Crippen molar-refractivity contribution in [2.75, 3.05) is 6.61 Å². The van der Waals surface area contributed by atoms with Gasteiger partial charge in [0, 0.05) is 0 Å². The smallest absolute Gasteiger partial charge is 0.0612 e. The van der Waals surface area contributed by atoms with Crippen LogP contribution < -0.4 is 0 Å². The Morgan fingerprint density at radius 3 is 2.82 bits per heavy atom. The van der Waals surface area contributed by atoms with E-state index in [-0.39, 0.29) is 12.7 Å².